The summed E-state index contributed by atoms with van der Waals surface area (Å²) >= 11 is 0. The van der Waals surface area contributed by atoms with Crippen molar-refractivity contribution in [2.75, 3.05) is 26.2 Å². The molecule has 42 heavy (non-hydrogen) atoms. The van der Waals surface area contributed by atoms with E-state index in [1.807, 2.05) is 68.3 Å². The molecule has 10 nitrogen and oxygen atoms in total. The molecule has 2 aromatic heterocycles. The lowest BCUT2D eigenvalue weighted by Gasteiger charge is -2.43. The molecule has 4 heterocycles. The summed E-state index contributed by atoms with van der Waals surface area (Å²) in [5.41, 5.74) is -0.111. The minimum atomic E-state index is -1.10. The lowest BCUT2D eigenvalue weighted by atomic mass is 9.79. The molecule has 3 fully saturated rings. The van der Waals surface area contributed by atoms with Gasteiger partial charge in [-0.1, -0.05) is 30.3 Å². The Hall–Kier alpha value is -3.66. The zero-order valence-electron chi connectivity index (χ0n) is 24.7. The van der Waals surface area contributed by atoms with Crippen LogP contribution in [0.3, 0.4) is 0 Å². The molecule has 224 valence electrons. The maximum Gasteiger partial charge on any atom is 0.410 e. The summed E-state index contributed by atoms with van der Waals surface area (Å²) in [4.78, 5) is 48.1. The van der Waals surface area contributed by atoms with Crippen LogP contribution in [0.2, 0.25) is 0 Å². The number of nitrogens with zero attached hydrogens (tertiary/aromatic N) is 5. The molecule has 2 amide bonds. The van der Waals surface area contributed by atoms with Gasteiger partial charge in [-0.05, 0) is 64.5 Å². The second-order valence-corrected chi connectivity index (χ2v) is 13.3. The number of aromatic nitrogens is 3. The molecular formula is C32H41N5O5. The van der Waals surface area contributed by atoms with Gasteiger partial charge in [-0.15, -0.1) is 0 Å². The summed E-state index contributed by atoms with van der Waals surface area (Å²) in [5, 5.41) is 12.0. The van der Waals surface area contributed by atoms with Gasteiger partial charge in [0.25, 0.3) is 5.56 Å². The predicted molar refractivity (Wildman–Crippen MR) is 158 cm³/mol. The second-order valence-electron chi connectivity index (χ2n) is 13.3. The van der Waals surface area contributed by atoms with Gasteiger partial charge < -0.3 is 24.2 Å². The smallest absolute Gasteiger partial charge is 0.410 e. The maximum absolute atomic E-state index is 13.9. The molecule has 10 heteroatoms. The van der Waals surface area contributed by atoms with E-state index in [0.717, 1.165) is 18.4 Å². The topological polar surface area (TPSA) is 110 Å². The molecule has 2 aliphatic heterocycles. The number of likely N-dealkylation sites (tertiary alicyclic amines) is 2. The number of benzene rings is 1. The Kier molecular flexibility index (Phi) is 7.37. The molecule has 2 saturated heterocycles. The number of hydrogen-bond acceptors (Lipinski definition) is 6. The summed E-state index contributed by atoms with van der Waals surface area (Å²) in [7, 11) is 0. The summed E-state index contributed by atoms with van der Waals surface area (Å²) in [6, 6.07) is 12.1. The van der Waals surface area contributed by atoms with Gasteiger partial charge in [0.05, 0.1) is 17.5 Å². The first-order valence-electron chi connectivity index (χ1n) is 15.1. The number of piperidine rings is 2. The minimum absolute atomic E-state index is 0.0522. The number of carbonyl (C=O) groups is 2. The van der Waals surface area contributed by atoms with E-state index in [1.54, 1.807) is 11.2 Å². The van der Waals surface area contributed by atoms with Gasteiger partial charge in [-0.25, -0.2) is 9.78 Å². The number of hydrogen-bond donors (Lipinski definition) is 1. The molecular weight excluding hydrogens is 534 g/mol. The van der Waals surface area contributed by atoms with Crippen molar-refractivity contribution in [3.63, 3.8) is 0 Å². The molecule has 2 atom stereocenters. The SMILES string of the molecule is CC(C)(C)OC(=O)N1CC[C@@H](C(=O)N2CCC(O)(Cn3cnc4c(ccn4C4CC4)c3=O)CC2)[C@H](c2ccccc2)C1. The second kappa shape index (κ2) is 10.9. The fourth-order valence-electron chi connectivity index (χ4n) is 6.46. The molecule has 1 N–H and O–H groups in total. The van der Waals surface area contributed by atoms with Crippen LogP contribution in [0.5, 0.6) is 0 Å². The zero-order chi connectivity index (χ0) is 29.6. The van der Waals surface area contributed by atoms with Crippen LogP contribution in [-0.4, -0.2) is 78.4 Å². The Morgan fingerprint density at radius 2 is 1.74 bits per heavy atom. The average molecular weight is 576 g/mol. The number of amides is 2. The van der Waals surface area contributed by atoms with Crippen molar-refractivity contribution in [1.29, 1.82) is 0 Å². The van der Waals surface area contributed by atoms with Gasteiger partial charge in [0.2, 0.25) is 5.91 Å². The fraction of sp³-hybridized carbons (Fsp3) is 0.562. The van der Waals surface area contributed by atoms with Crippen LogP contribution in [0.15, 0.2) is 53.7 Å². The third kappa shape index (κ3) is 5.82. The quantitative estimate of drug-likeness (QED) is 0.494. The number of aliphatic hydroxyl groups is 1. The first-order chi connectivity index (χ1) is 20.0. The fourth-order valence-corrected chi connectivity index (χ4v) is 6.46. The molecule has 0 bridgehead atoms. The molecule has 1 saturated carbocycles. The van der Waals surface area contributed by atoms with Crippen LogP contribution in [0, 0.1) is 5.92 Å². The van der Waals surface area contributed by atoms with E-state index in [-0.39, 0.29) is 35.9 Å². The number of ether oxygens (including phenoxy) is 1. The lowest BCUT2D eigenvalue weighted by molar-refractivity contribution is -0.142. The number of fused-ring (bicyclic) bond motifs is 1. The van der Waals surface area contributed by atoms with Gasteiger partial charge in [0, 0.05) is 50.3 Å². The van der Waals surface area contributed by atoms with E-state index in [9.17, 15) is 19.5 Å². The van der Waals surface area contributed by atoms with E-state index in [1.165, 1.54) is 4.57 Å². The monoisotopic (exact) mass is 575 g/mol. The zero-order valence-corrected chi connectivity index (χ0v) is 24.7. The molecule has 3 aromatic rings. The first-order valence-corrected chi connectivity index (χ1v) is 15.1. The molecule has 0 radical (unpaired) electrons. The molecule has 6 rings (SSSR count). The Morgan fingerprint density at radius 1 is 1.02 bits per heavy atom. The van der Waals surface area contributed by atoms with E-state index in [0.29, 0.717) is 62.5 Å². The third-order valence-electron chi connectivity index (χ3n) is 8.92. The summed E-state index contributed by atoms with van der Waals surface area (Å²) in [6.07, 6.45) is 6.63. The van der Waals surface area contributed by atoms with Crippen molar-refractivity contribution >= 4 is 23.0 Å². The summed E-state index contributed by atoms with van der Waals surface area (Å²) in [6.45, 7) is 7.38. The van der Waals surface area contributed by atoms with E-state index in [2.05, 4.69) is 9.55 Å². The highest BCUT2D eigenvalue weighted by Gasteiger charge is 2.42. The van der Waals surface area contributed by atoms with Crippen LogP contribution in [0.1, 0.15) is 70.4 Å². The van der Waals surface area contributed by atoms with Crippen LogP contribution in [0.25, 0.3) is 11.0 Å². The van der Waals surface area contributed by atoms with Crippen molar-refractivity contribution < 1.29 is 19.4 Å². The molecule has 1 aliphatic carbocycles. The molecule has 1 aromatic carbocycles. The van der Waals surface area contributed by atoms with Gasteiger partial charge in [0.1, 0.15) is 17.6 Å². The van der Waals surface area contributed by atoms with E-state index < -0.39 is 11.2 Å². The number of carbonyl (C=O) groups excluding carboxylic acids is 2. The highest BCUT2D eigenvalue weighted by atomic mass is 16.6. The van der Waals surface area contributed by atoms with E-state index >= 15 is 0 Å². The Labute approximate surface area is 245 Å². The molecule has 0 spiro atoms. The molecule has 0 unspecified atom stereocenters. The van der Waals surface area contributed by atoms with Crippen LogP contribution < -0.4 is 5.56 Å². The lowest BCUT2D eigenvalue weighted by Crippen LogP contribution is -2.53. The summed E-state index contributed by atoms with van der Waals surface area (Å²) < 4.78 is 9.20. The van der Waals surface area contributed by atoms with Crippen molar-refractivity contribution in [1.82, 2.24) is 23.9 Å². The summed E-state index contributed by atoms with van der Waals surface area (Å²) in [5.74, 6) is -0.376. The van der Waals surface area contributed by atoms with Gasteiger partial charge in [-0.3, -0.25) is 14.2 Å². The minimum Gasteiger partial charge on any atom is -0.444 e. The highest BCUT2D eigenvalue weighted by Crippen LogP contribution is 2.37. The Morgan fingerprint density at radius 3 is 2.40 bits per heavy atom. The third-order valence-corrected chi connectivity index (χ3v) is 8.92. The van der Waals surface area contributed by atoms with Crippen LogP contribution in [-0.2, 0) is 16.1 Å². The van der Waals surface area contributed by atoms with Crippen LogP contribution >= 0.6 is 0 Å². The normalized spacial score (nSPS) is 22.8. The standard InChI is InChI=1S/C32H41N5O5/c1-31(2,3)42-30(40)35-15-11-24(26(19-35)22-7-5-4-6-8-22)28(38)34-17-13-32(41,14-18-34)20-36-21-33-27-25(29(36)39)12-16-37(27)23-9-10-23/h4-8,12,16,21,23-24,26,41H,9-11,13-15,17-20H2,1-3H3/t24-,26+/m1/s1. The van der Waals surface area contributed by atoms with Crippen molar-refractivity contribution in [2.24, 2.45) is 5.92 Å². The Bertz CT molecular complexity index is 1510. The largest absolute Gasteiger partial charge is 0.444 e. The van der Waals surface area contributed by atoms with Crippen molar-refractivity contribution in [3.05, 3.63) is 64.8 Å². The van der Waals surface area contributed by atoms with Crippen molar-refractivity contribution in [2.45, 2.75) is 82.6 Å². The maximum atomic E-state index is 13.9. The van der Waals surface area contributed by atoms with Gasteiger partial charge >= 0.3 is 6.09 Å². The predicted octanol–water partition coefficient (Wildman–Crippen LogP) is 3.93. The van der Waals surface area contributed by atoms with Gasteiger partial charge in [0.15, 0.2) is 0 Å². The van der Waals surface area contributed by atoms with Crippen LogP contribution in [0.4, 0.5) is 4.79 Å². The highest BCUT2D eigenvalue weighted by molar-refractivity contribution is 5.81. The molecule has 3 aliphatic rings. The first kappa shape index (κ1) is 28.5. The number of rotatable bonds is 5. The van der Waals surface area contributed by atoms with Gasteiger partial charge in [-0.2, -0.15) is 0 Å². The van der Waals surface area contributed by atoms with Crippen molar-refractivity contribution in [3.8, 4) is 0 Å². The average Bonchev–Trinajstić information content (AvgIpc) is 3.72. The Balaban J connectivity index is 1.13. The van der Waals surface area contributed by atoms with E-state index in [4.69, 9.17) is 4.74 Å².